The van der Waals surface area contributed by atoms with Crippen molar-refractivity contribution >= 4 is 5.91 Å². The van der Waals surface area contributed by atoms with Gasteiger partial charge in [-0.1, -0.05) is 6.07 Å². The van der Waals surface area contributed by atoms with Crippen molar-refractivity contribution in [1.82, 2.24) is 29.9 Å². The molecule has 0 unspecified atom stereocenters. The lowest BCUT2D eigenvalue weighted by Crippen LogP contribution is -2.34. The highest BCUT2D eigenvalue weighted by Crippen LogP contribution is 2.16. The van der Waals surface area contributed by atoms with Crippen molar-refractivity contribution in [2.45, 2.75) is 26.8 Å². The smallest absolute Gasteiger partial charge is 0.267 e. The molecule has 1 N–H and O–H groups in total. The summed E-state index contributed by atoms with van der Waals surface area (Å²) in [7, 11) is 0. The molecule has 8 heteroatoms. The van der Waals surface area contributed by atoms with E-state index < -0.39 is 0 Å². The molecule has 0 aliphatic rings. The van der Waals surface area contributed by atoms with Gasteiger partial charge < -0.3 is 5.32 Å². The number of aromatic nitrogens is 5. The Morgan fingerprint density at radius 2 is 2.00 bits per heavy atom. The van der Waals surface area contributed by atoms with Crippen molar-refractivity contribution in [3.63, 3.8) is 0 Å². The summed E-state index contributed by atoms with van der Waals surface area (Å²) in [6, 6.07) is 8.59. The molecule has 26 heavy (non-hydrogen) atoms. The lowest BCUT2D eigenvalue weighted by Gasteiger charge is -2.07. The van der Waals surface area contributed by atoms with E-state index in [-0.39, 0.29) is 18.0 Å². The molecule has 0 bridgehead atoms. The largest absolute Gasteiger partial charge is 0.354 e. The summed E-state index contributed by atoms with van der Waals surface area (Å²) in [4.78, 5) is 27.9. The van der Waals surface area contributed by atoms with Crippen LogP contribution in [0.2, 0.25) is 0 Å². The zero-order valence-corrected chi connectivity index (χ0v) is 14.7. The Hall–Kier alpha value is -3.29. The molecule has 134 valence electrons. The number of aryl methyl sites for hydroxylation is 1. The first-order valence-electron chi connectivity index (χ1n) is 8.31. The highest BCUT2D eigenvalue weighted by atomic mass is 16.2. The highest BCUT2D eigenvalue weighted by molar-refractivity contribution is 5.75. The van der Waals surface area contributed by atoms with E-state index in [1.54, 1.807) is 16.9 Å². The van der Waals surface area contributed by atoms with E-state index in [0.29, 0.717) is 13.0 Å². The van der Waals surface area contributed by atoms with E-state index in [4.69, 9.17) is 0 Å². The summed E-state index contributed by atoms with van der Waals surface area (Å²) >= 11 is 0. The predicted octanol–water partition coefficient (Wildman–Crippen LogP) is 0.800. The van der Waals surface area contributed by atoms with Crippen LogP contribution < -0.4 is 10.9 Å². The molecular weight excluding hydrogens is 332 g/mol. The quantitative estimate of drug-likeness (QED) is 0.708. The van der Waals surface area contributed by atoms with E-state index >= 15 is 0 Å². The maximum atomic E-state index is 12.0. The van der Waals surface area contributed by atoms with E-state index in [1.165, 1.54) is 12.3 Å². The molecule has 0 aromatic carbocycles. The molecule has 0 spiro atoms. The van der Waals surface area contributed by atoms with Gasteiger partial charge in [0.1, 0.15) is 6.54 Å². The number of nitrogens with zero attached hydrogens (tertiary/aromatic N) is 5. The molecule has 3 rings (SSSR count). The van der Waals surface area contributed by atoms with Gasteiger partial charge in [-0.15, -0.1) is 0 Å². The number of hydrogen-bond donors (Lipinski definition) is 1. The summed E-state index contributed by atoms with van der Waals surface area (Å²) < 4.78 is 2.94. The average Bonchev–Trinajstić information content (AvgIpc) is 2.92. The lowest BCUT2D eigenvalue weighted by atomic mass is 10.1. The van der Waals surface area contributed by atoms with Crippen molar-refractivity contribution in [3.8, 4) is 5.82 Å². The van der Waals surface area contributed by atoms with Crippen LogP contribution in [0.4, 0.5) is 0 Å². The van der Waals surface area contributed by atoms with Crippen molar-refractivity contribution in [2.75, 3.05) is 6.54 Å². The maximum Gasteiger partial charge on any atom is 0.267 e. The lowest BCUT2D eigenvalue weighted by molar-refractivity contribution is -0.121. The second-order valence-electron chi connectivity index (χ2n) is 5.87. The Labute approximate surface area is 150 Å². The Balaban J connectivity index is 1.62. The van der Waals surface area contributed by atoms with Gasteiger partial charge in [-0.3, -0.25) is 9.59 Å². The van der Waals surface area contributed by atoms with Gasteiger partial charge in [0, 0.05) is 30.7 Å². The van der Waals surface area contributed by atoms with Crippen LogP contribution in [-0.4, -0.2) is 37.0 Å². The van der Waals surface area contributed by atoms with Crippen LogP contribution in [0.1, 0.15) is 17.0 Å². The molecular formula is C18H20N6O2. The summed E-state index contributed by atoms with van der Waals surface area (Å²) in [5.74, 6) is 0.510. The fourth-order valence-corrected chi connectivity index (χ4v) is 2.76. The van der Waals surface area contributed by atoms with E-state index in [9.17, 15) is 9.59 Å². The number of rotatable bonds is 6. The minimum Gasteiger partial charge on any atom is -0.354 e. The van der Waals surface area contributed by atoms with Crippen LogP contribution in [-0.2, 0) is 17.8 Å². The average molecular weight is 352 g/mol. The molecule has 0 aliphatic carbocycles. The minimum atomic E-state index is -0.300. The monoisotopic (exact) mass is 352 g/mol. The fourth-order valence-electron chi connectivity index (χ4n) is 2.76. The number of carbonyl (C=O) groups excluding carboxylic acids is 1. The standard InChI is InChI=1S/C18H20N6O2/c1-13-15(14(2)24(22-13)16-6-3-4-9-19-16)8-11-20-17(25)12-23-18(26)7-5-10-21-23/h3-7,9-10H,8,11-12H2,1-2H3,(H,20,25). The predicted molar refractivity (Wildman–Crippen MR) is 96.0 cm³/mol. The second-order valence-corrected chi connectivity index (χ2v) is 5.87. The molecule has 0 fully saturated rings. The van der Waals surface area contributed by atoms with Gasteiger partial charge in [-0.2, -0.15) is 10.2 Å². The Morgan fingerprint density at radius 1 is 1.15 bits per heavy atom. The first-order valence-corrected chi connectivity index (χ1v) is 8.31. The number of nitrogens with one attached hydrogen (secondary N) is 1. The SMILES string of the molecule is Cc1nn(-c2ccccn2)c(C)c1CCNC(=O)Cn1ncccc1=O. The van der Waals surface area contributed by atoms with Gasteiger partial charge in [-0.05, 0) is 44.0 Å². The van der Waals surface area contributed by atoms with Gasteiger partial charge in [0.15, 0.2) is 5.82 Å². The molecule has 8 nitrogen and oxygen atoms in total. The molecule has 0 radical (unpaired) electrons. The zero-order valence-electron chi connectivity index (χ0n) is 14.7. The van der Waals surface area contributed by atoms with Crippen molar-refractivity contribution in [1.29, 1.82) is 0 Å². The molecule has 0 atom stereocenters. The van der Waals surface area contributed by atoms with Crippen LogP contribution >= 0.6 is 0 Å². The molecule has 0 saturated carbocycles. The van der Waals surface area contributed by atoms with Gasteiger partial charge in [-0.25, -0.2) is 14.3 Å². The molecule has 1 amide bonds. The fraction of sp³-hybridized carbons (Fsp3) is 0.278. The number of hydrogen-bond acceptors (Lipinski definition) is 5. The van der Waals surface area contributed by atoms with Crippen LogP contribution in [0.5, 0.6) is 0 Å². The summed E-state index contributed by atoms with van der Waals surface area (Å²) in [5, 5.41) is 11.2. The number of pyridine rings is 1. The zero-order chi connectivity index (χ0) is 18.5. The van der Waals surface area contributed by atoms with E-state index in [0.717, 1.165) is 27.5 Å². The number of carbonyl (C=O) groups is 1. The molecule has 3 aromatic rings. The van der Waals surface area contributed by atoms with E-state index in [2.05, 4.69) is 20.5 Å². The maximum absolute atomic E-state index is 12.0. The third-order valence-electron chi connectivity index (χ3n) is 4.08. The van der Waals surface area contributed by atoms with Crippen LogP contribution in [0.15, 0.2) is 47.5 Å². The van der Waals surface area contributed by atoms with Gasteiger partial charge in [0.2, 0.25) is 5.91 Å². The van der Waals surface area contributed by atoms with Crippen molar-refractivity contribution in [2.24, 2.45) is 0 Å². The van der Waals surface area contributed by atoms with Crippen molar-refractivity contribution < 1.29 is 4.79 Å². The minimum absolute atomic E-state index is 0.0924. The topological polar surface area (TPSA) is 94.7 Å². The Morgan fingerprint density at radius 3 is 2.73 bits per heavy atom. The highest BCUT2D eigenvalue weighted by Gasteiger charge is 2.13. The number of amides is 1. The molecule has 3 heterocycles. The first kappa shape index (κ1) is 17.5. The Bertz CT molecular complexity index is 961. The molecule has 0 aliphatic heterocycles. The van der Waals surface area contributed by atoms with Crippen LogP contribution in [0, 0.1) is 13.8 Å². The molecule has 0 saturated heterocycles. The Kier molecular flexibility index (Phi) is 5.21. The summed E-state index contributed by atoms with van der Waals surface area (Å²) in [6.45, 7) is 4.29. The first-order chi connectivity index (χ1) is 12.6. The third-order valence-corrected chi connectivity index (χ3v) is 4.08. The van der Waals surface area contributed by atoms with Crippen LogP contribution in [0.25, 0.3) is 5.82 Å². The summed E-state index contributed by atoms with van der Waals surface area (Å²) in [5.41, 5.74) is 2.68. The van der Waals surface area contributed by atoms with Gasteiger partial charge in [0.05, 0.1) is 5.69 Å². The normalized spacial score (nSPS) is 10.7. The van der Waals surface area contributed by atoms with Crippen LogP contribution in [0.3, 0.4) is 0 Å². The third kappa shape index (κ3) is 3.85. The van der Waals surface area contributed by atoms with Gasteiger partial charge in [0.25, 0.3) is 5.56 Å². The van der Waals surface area contributed by atoms with Crippen molar-refractivity contribution in [3.05, 3.63) is 70.0 Å². The van der Waals surface area contributed by atoms with E-state index in [1.807, 2.05) is 32.0 Å². The molecule has 3 aromatic heterocycles. The van der Waals surface area contributed by atoms with Gasteiger partial charge >= 0.3 is 0 Å². The summed E-state index contributed by atoms with van der Waals surface area (Å²) in [6.07, 6.45) is 3.85. The second kappa shape index (κ2) is 7.73.